The van der Waals surface area contributed by atoms with Gasteiger partial charge in [-0.1, -0.05) is 59.7 Å². The van der Waals surface area contributed by atoms with Crippen LogP contribution in [0.4, 0.5) is 0 Å². The lowest BCUT2D eigenvalue weighted by Crippen LogP contribution is -2.02. The van der Waals surface area contributed by atoms with Gasteiger partial charge in [0.1, 0.15) is 0 Å². The van der Waals surface area contributed by atoms with Crippen molar-refractivity contribution in [3.05, 3.63) is 71.0 Å². The molecule has 4 rings (SSSR count). The molecule has 0 fully saturated rings. The van der Waals surface area contributed by atoms with Crippen molar-refractivity contribution in [1.82, 2.24) is 9.13 Å². The summed E-state index contributed by atoms with van der Waals surface area (Å²) in [5.74, 6) is 1.65. The second kappa shape index (κ2) is 8.57. The lowest BCUT2D eigenvalue weighted by Gasteiger charge is -2.13. The van der Waals surface area contributed by atoms with Crippen molar-refractivity contribution >= 4 is 21.8 Å². The normalized spacial score (nSPS) is 13.2. The average Bonchev–Trinajstić information content (AvgIpc) is 3.28. The first kappa shape index (κ1) is 21.7. The maximum atomic E-state index is 2.48. The molecule has 1 atom stereocenters. The second-order valence-corrected chi connectivity index (χ2v) is 9.95. The molecule has 4 aromatic rings. The molecule has 0 aliphatic carbocycles. The van der Waals surface area contributed by atoms with Crippen LogP contribution in [0.5, 0.6) is 0 Å². The van der Waals surface area contributed by atoms with Crippen LogP contribution >= 0.6 is 0 Å². The first-order valence-electron chi connectivity index (χ1n) is 12.0. The van der Waals surface area contributed by atoms with Gasteiger partial charge in [-0.2, -0.15) is 0 Å². The van der Waals surface area contributed by atoms with Crippen LogP contribution in [0.15, 0.2) is 48.8 Å². The Morgan fingerprint density at radius 2 is 1.45 bits per heavy atom. The quantitative estimate of drug-likeness (QED) is 0.289. The minimum atomic E-state index is 0.520. The second-order valence-electron chi connectivity index (χ2n) is 9.95. The smallest absolute Gasteiger partial charge is 0.0483 e. The minimum absolute atomic E-state index is 0.520. The molecule has 0 aliphatic rings. The summed E-state index contributed by atoms with van der Waals surface area (Å²) in [5.41, 5.74) is 8.53. The lowest BCUT2D eigenvalue weighted by molar-refractivity contribution is 0.589. The highest BCUT2D eigenvalue weighted by molar-refractivity contribution is 5.86. The van der Waals surface area contributed by atoms with Crippen molar-refractivity contribution in [3.8, 4) is 0 Å². The molecule has 2 heteroatoms. The SMILES string of the molecule is CCc1cn(CCC(C)c2cn(C)c3cc(C(C)C)ccc23)c2ccc(C(C)C)cc12. The monoisotopic (exact) mass is 414 g/mol. The van der Waals surface area contributed by atoms with Crippen LogP contribution in [0.1, 0.15) is 88.0 Å². The number of nitrogens with zero attached hydrogens (tertiary/aromatic N) is 2. The summed E-state index contributed by atoms with van der Waals surface area (Å²) in [6.07, 6.45) is 6.96. The topological polar surface area (TPSA) is 9.86 Å². The molecule has 0 bridgehead atoms. The van der Waals surface area contributed by atoms with Gasteiger partial charge in [0.15, 0.2) is 0 Å². The summed E-state index contributed by atoms with van der Waals surface area (Å²) < 4.78 is 4.79. The molecule has 2 nitrogen and oxygen atoms in total. The first-order chi connectivity index (χ1) is 14.8. The molecule has 2 heterocycles. The maximum Gasteiger partial charge on any atom is 0.0483 e. The fourth-order valence-electron chi connectivity index (χ4n) is 4.89. The van der Waals surface area contributed by atoms with Gasteiger partial charge in [-0.3, -0.25) is 0 Å². The molecule has 0 aliphatic heterocycles. The Morgan fingerprint density at radius 1 is 0.774 bits per heavy atom. The number of aryl methyl sites for hydroxylation is 3. The zero-order chi connectivity index (χ0) is 22.3. The van der Waals surface area contributed by atoms with Crippen molar-refractivity contribution in [2.75, 3.05) is 0 Å². The van der Waals surface area contributed by atoms with E-state index in [2.05, 4.69) is 107 Å². The van der Waals surface area contributed by atoms with Gasteiger partial charge in [0.2, 0.25) is 0 Å². The Morgan fingerprint density at radius 3 is 2.13 bits per heavy atom. The highest BCUT2D eigenvalue weighted by Crippen LogP contribution is 2.33. The third-order valence-electron chi connectivity index (χ3n) is 7.08. The largest absolute Gasteiger partial charge is 0.350 e. The highest BCUT2D eigenvalue weighted by atomic mass is 15.0. The van der Waals surface area contributed by atoms with Crippen LogP contribution in [-0.2, 0) is 20.0 Å². The summed E-state index contributed by atoms with van der Waals surface area (Å²) in [6, 6.07) is 14.1. The van der Waals surface area contributed by atoms with E-state index in [1.165, 1.54) is 44.1 Å². The van der Waals surface area contributed by atoms with E-state index in [0.717, 1.165) is 19.4 Å². The van der Waals surface area contributed by atoms with Crippen LogP contribution in [-0.4, -0.2) is 9.13 Å². The first-order valence-corrected chi connectivity index (χ1v) is 12.0. The fourth-order valence-corrected chi connectivity index (χ4v) is 4.89. The van der Waals surface area contributed by atoms with Crippen molar-refractivity contribution in [1.29, 1.82) is 0 Å². The summed E-state index contributed by atoms with van der Waals surface area (Å²) in [6.45, 7) is 14.8. The average molecular weight is 415 g/mol. The Balaban J connectivity index is 1.60. The molecule has 1 unspecified atom stereocenters. The fraction of sp³-hybridized carbons (Fsp3) is 0.448. The molecular weight excluding hydrogens is 376 g/mol. The van der Waals surface area contributed by atoms with Crippen molar-refractivity contribution in [2.24, 2.45) is 7.05 Å². The molecule has 2 aromatic heterocycles. The van der Waals surface area contributed by atoms with E-state index in [9.17, 15) is 0 Å². The van der Waals surface area contributed by atoms with E-state index in [1.54, 1.807) is 0 Å². The van der Waals surface area contributed by atoms with Crippen molar-refractivity contribution < 1.29 is 0 Å². The van der Waals surface area contributed by atoms with Gasteiger partial charge in [-0.05, 0) is 71.0 Å². The summed E-state index contributed by atoms with van der Waals surface area (Å²) >= 11 is 0. The molecule has 2 aromatic carbocycles. The van der Waals surface area contributed by atoms with Crippen LogP contribution in [0.25, 0.3) is 21.8 Å². The van der Waals surface area contributed by atoms with E-state index in [1.807, 2.05) is 0 Å². The third-order valence-corrected chi connectivity index (χ3v) is 7.08. The van der Waals surface area contributed by atoms with Gasteiger partial charge in [0.05, 0.1) is 0 Å². The standard InChI is InChI=1S/C29H38N2/c1-8-22-17-31(28-12-10-23(19(2)3)15-26(22)28)14-13-21(6)27-18-30(7)29-16-24(20(4)5)9-11-25(27)29/h9-12,15-21H,8,13-14H2,1-7H3. The van der Waals surface area contributed by atoms with Crippen LogP contribution < -0.4 is 0 Å². The molecule has 0 saturated heterocycles. The molecule has 0 spiro atoms. The number of aromatic nitrogens is 2. The summed E-state index contributed by atoms with van der Waals surface area (Å²) in [4.78, 5) is 0. The predicted octanol–water partition coefficient (Wildman–Crippen LogP) is 8.14. The molecule has 0 radical (unpaired) electrons. The Bertz CT molecular complexity index is 1200. The number of benzene rings is 2. The van der Waals surface area contributed by atoms with Crippen molar-refractivity contribution in [2.45, 2.75) is 78.7 Å². The highest BCUT2D eigenvalue weighted by Gasteiger charge is 2.16. The minimum Gasteiger partial charge on any atom is -0.350 e. The Kier molecular flexibility index (Phi) is 6.01. The Hall–Kier alpha value is -2.48. The van der Waals surface area contributed by atoms with Gasteiger partial charge in [0.25, 0.3) is 0 Å². The van der Waals surface area contributed by atoms with E-state index < -0.39 is 0 Å². The van der Waals surface area contributed by atoms with Gasteiger partial charge in [-0.15, -0.1) is 0 Å². The third kappa shape index (κ3) is 4.05. The van der Waals surface area contributed by atoms with Crippen LogP contribution in [0.2, 0.25) is 0 Å². The van der Waals surface area contributed by atoms with E-state index in [4.69, 9.17) is 0 Å². The van der Waals surface area contributed by atoms with Gasteiger partial charge in [0, 0.05) is 47.8 Å². The van der Waals surface area contributed by atoms with E-state index in [-0.39, 0.29) is 0 Å². The zero-order valence-electron chi connectivity index (χ0n) is 20.4. The molecule has 164 valence electrons. The molecule has 0 saturated carbocycles. The predicted molar refractivity (Wildman–Crippen MR) is 135 cm³/mol. The van der Waals surface area contributed by atoms with Gasteiger partial charge in [-0.25, -0.2) is 0 Å². The van der Waals surface area contributed by atoms with E-state index in [0.29, 0.717) is 17.8 Å². The lowest BCUT2D eigenvalue weighted by atomic mass is 9.95. The number of rotatable bonds is 7. The van der Waals surface area contributed by atoms with Crippen LogP contribution in [0, 0.1) is 0 Å². The summed E-state index contributed by atoms with van der Waals surface area (Å²) in [5, 5.41) is 2.85. The number of hydrogen-bond donors (Lipinski definition) is 0. The van der Waals surface area contributed by atoms with Gasteiger partial charge < -0.3 is 9.13 Å². The Labute approximate surface area is 187 Å². The maximum absolute atomic E-state index is 2.48. The van der Waals surface area contributed by atoms with Gasteiger partial charge >= 0.3 is 0 Å². The molecular formula is C29H38N2. The van der Waals surface area contributed by atoms with E-state index >= 15 is 0 Å². The summed E-state index contributed by atoms with van der Waals surface area (Å²) in [7, 11) is 2.18. The zero-order valence-corrected chi connectivity index (χ0v) is 20.4. The molecule has 0 N–H and O–H groups in total. The molecule has 31 heavy (non-hydrogen) atoms. The number of fused-ring (bicyclic) bond motifs is 2. The van der Waals surface area contributed by atoms with Crippen molar-refractivity contribution in [3.63, 3.8) is 0 Å². The number of hydrogen-bond acceptors (Lipinski definition) is 0. The van der Waals surface area contributed by atoms with Crippen LogP contribution in [0.3, 0.4) is 0 Å². The molecule has 0 amide bonds.